The molecular formula is C16H20F4N2O. The van der Waals surface area contributed by atoms with Gasteiger partial charge in [0.2, 0.25) is 0 Å². The van der Waals surface area contributed by atoms with E-state index >= 15 is 0 Å². The normalized spacial score (nSPS) is 24.9. The molecular weight excluding hydrogens is 312 g/mol. The maximum atomic E-state index is 13.0. The van der Waals surface area contributed by atoms with Crippen LogP contribution in [0.3, 0.4) is 0 Å². The van der Waals surface area contributed by atoms with Crippen LogP contribution >= 0.6 is 0 Å². The molecule has 1 aromatic rings. The molecule has 1 atom stereocenters. The van der Waals surface area contributed by atoms with Crippen molar-refractivity contribution >= 4 is 5.69 Å². The lowest BCUT2D eigenvalue weighted by Crippen LogP contribution is -2.54. The molecule has 1 unspecified atom stereocenters. The van der Waals surface area contributed by atoms with Gasteiger partial charge in [-0.1, -0.05) is 0 Å². The van der Waals surface area contributed by atoms with E-state index in [4.69, 9.17) is 4.74 Å². The molecule has 0 saturated carbocycles. The third-order valence-electron chi connectivity index (χ3n) is 4.64. The van der Waals surface area contributed by atoms with Crippen LogP contribution in [0.5, 0.6) is 0 Å². The second-order valence-corrected chi connectivity index (χ2v) is 6.09. The summed E-state index contributed by atoms with van der Waals surface area (Å²) in [5.41, 5.74) is 0.958. The van der Waals surface area contributed by atoms with Crippen LogP contribution in [0.4, 0.5) is 23.2 Å². The Bertz CT molecular complexity index is 512. The molecule has 0 aliphatic carbocycles. The van der Waals surface area contributed by atoms with Crippen molar-refractivity contribution in [2.24, 2.45) is 0 Å². The fourth-order valence-corrected chi connectivity index (χ4v) is 3.34. The monoisotopic (exact) mass is 332 g/mol. The summed E-state index contributed by atoms with van der Waals surface area (Å²) in [6.07, 6.45) is -4.36. The first kappa shape index (κ1) is 16.5. The number of morpholine rings is 1. The lowest BCUT2D eigenvalue weighted by molar-refractivity contribution is -0.239. The highest BCUT2D eigenvalue weighted by atomic mass is 19.4. The number of anilines is 1. The van der Waals surface area contributed by atoms with Crippen molar-refractivity contribution < 1.29 is 22.3 Å². The van der Waals surface area contributed by atoms with Gasteiger partial charge in [0.05, 0.1) is 6.61 Å². The first-order chi connectivity index (χ1) is 10.9. The topological polar surface area (TPSA) is 15.7 Å². The van der Waals surface area contributed by atoms with E-state index in [1.54, 1.807) is 12.1 Å². The number of hydrogen-bond acceptors (Lipinski definition) is 3. The van der Waals surface area contributed by atoms with Crippen molar-refractivity contribution in [2.45, 2.75) is 31.2 Å². The van der Waals surface area contributed by atoms with Crippen LogP contribution in [0.15, 0.2) is 24.3 Å². The molecule has 3 nitrogen and oxygen atoms in total. The van der Waals surface area contributed by atoms with Crippen LogP contribution in [0.1, 0.15) is 12.8 Å². The van der Waals surface area contributed by atoms with Gasteiger partial charge in [-0.2, -0.15) is 13.2 Å². The molecule has 0 bridgehead atoms. The van der Waals surface area contributed by atoms with E-state index in [1.807, 2.05) is 4.90 Å². The fraction of sp³-hybridized carbons (Fsp3) is 0.625. The molecule has 7 heteroatoms. The Balaban J connectivity index is 1.55. The maximum Gasteiger partial charge on any atom is 0.415 e. The van der Waals surface area contributed by atoms with Gasteiger partial charge in [-0.25, -0.2) is 4.39 Å². The van der Waals surface area contributed by atoms with E-state index in [1.165, 1.54) is 12.1 Å². The van der Waals surface area contributed by atoms with E-state index in [9.17, 15) is 17.6 Å². The Morgan fingerprint density at radius 3 is 2.26 bits per heavy atom. The molecule has 2 aliphatic rings. The first-order valence-electron chi connectivity index (χ1n) is 7.86. The van der Waals surface area contributed by atoms with Crippen molar-refractivity contribution in [2.75, 3.05) is 37.7 Å². The summed E-state index contributed by atoms with van der Waals surface area (Å²) < 4.78 is 56.2. The van der Waals surface area contributed by atoms with E-state index in [0.717, 1.165) is 31.6 Å². The maximum absolute atomic E-state index is 13.0. The smallest absolute Gasteiger partial charge is 0.371 e. The van der Waals surface area contributed by atoms with Gasteiger partial charge in [0.1, 0.15) is 5.82 Å². The summed E-state index contributed by atoms with van der Waals surface area (Å²) in [5.74, 6) is -0.268. The highest BCUT2D eigenvalue weighted by Crippen LogP contribution is 2.29. The molecule has 1 aromatic carbocycles. The molecule has 2 fully saturated rings. The quantitative estimate of drug-likeness (QED) is 0.774. The van der Waals surface area contributed by atoms with Crippen LogP contribution < -0.4 is 4.90 Å². The van der Waals surface area contributed by atoms with Crippen LogP contribution in [-0.2, 0) is 4.74 Å². The van der Waals surface area contributed by atoms with Gasteiger partial charge in [0, 0.05) is 37.9 Å². The Morgan fingerprint density at radius 2 is 1.65 bits per heavy atom. The second kappa shape index (κ2) is 6.65. The Labute approximate surface area is 132 Å². The molecule has 23 heavy (non-hydrogen) atoms. The minimum absolute atomic E-state index is 0.0787. The molecule has 2 saturated heterocycles. The van der Waals surface area contributed by atoms with Gasteiger partial charge >= 0.3 is 6.18 Å². The highest BCUT2D eigenvalue weighted by Gasteiger charge is 2.44. The summed E-state index contributed by atoms with van der Waals surface area (Å²) >= 11 is 0. The number of rotatable bonds is 2. The van der Waals surface area contributed by atoms with E-state index in [2.05, 4.69) is 4.90 Å². The van der Waals surface area contributed by atoms with Crippen molar-refractivity contribution in [3.8, 4) is 0 Å². The Morgan fingerprint density at radius 1 is 1.00 bits per heavy atom. The number of benzene rings is 1. The van der Waals surface area contributed by atoms with Crippen LogP contribution in [0.25, 0.3) is 0 Å². The van der Waals surface area contributed by atoms with Crippen molar-refractivity contribution in [1.82, 2.24) is 4.90 Å². The van der Waals surface area contributed by atoms with Crippen LogP contribution in [-0.4, -0.2) is 56.0 Å². The third kappa shape index (κ3) is 3.95. The van der Waals surface area contributed by atoms with E-state index in [0.29, 0.717) is 6.54 Å². The van der Waals surface area contributed by atoms with Gasteiger partial charge in [-0.3, -0.25) is 4.90 Å². The zero-order valence-electron chi connectivity index (χ0n) is 12.7. The zero-order chi connectivity index (χ0) is 16.4. The summed E-state index contributed by atoms with van der Waals surface area (Å²) in [6.45, 7) is 2.13. The molecule has 0 radical (unpaired) electrons. The predicted octanol–water partition coefficient (Wildman–Crippen LogP) is 3.06. The van der Waals surface area contributed by atoms with Gasteiger partial charge in [-0.05, 0) is 37.1 Å². The molecule has 0 amide bonds. The predicted molar refractivity (Wildman–Crippen MR) is 79.0 cm³/mol. The lowest BCUT2D eigenvalue weighted by atomic mass is 10.0. The molecule has 2 heterocycles. The van der Waals surface area contributed by atoms with Gasteiger partial charge in [0.15, 0.2) is 6.10 Å². The third-order valence-corrected chi connectivity index (χ3v) is 4.64. The number of nitrogens with zero attached hydrogens (tertiary/aromatic N) is 2. The fourth-order valence-electron chi connectivity index (χ4n) is 3.34. The van der Waals surface area contributed by atoms with Crippen molar-refractivity contribution in [1.29, 1.82) is 0 Å². The first-order valence-corrected chi connectivity index (χ1v) is 7.86. The summed E-state index contributed by atoms with van der Waals surface area (Å²) in [7, 11) is 0. The number of halogens is 4. The van der Waals surface area contributed by atoms with Crippen LogP contribution in [0.2, 0.25) is 0 Å². The Kier molecular flexibility index (Phi) is 4.77. The summed E-state index contributed by atoms with van der Waals surface area (Å²) in [5, 5.41) is 0. The molecule has 2 aliphatic heterocycles. The SMILES string of the molecule is Fc1ccc(N2CCC(N3CCOC(C(F)(F)F)C3)CC2)cc1. The molecule has 0 spiro atoms. The van der Waals surface area contributed by atoms with Crippen molar-refractivity contribution in [3.63, 3.8) is 0 Å². The average molecular weight is 332 g/mol. The molecule has 0 aromatic heterocycles. The molecule has 128 valence electrons. The van der Waals surface area contributed by atoms with Gasteiger partial charge < -0.3 is 9.64 Å². The second-order valence-electron chi connectivity index (χ2n) is 6.09. The standard InChI is InChI=1S/C16H20F4N2O/c17-12-1-3-13(4-2-12)21-7-5-14(6-8-21)22-9-10-23-15(11-22)16(18,19)20/h1-4,14-15H,5-11H2. The number of hydrogen-bond donors (Lipinski definition) is 0. The van der Waals surface area contributed by atoms with E-state index < -0.39 is 12.3 Å². The van der Waals surface area contributed by atoms with Crippen molar-refractivity contribution in [3.05, 3.63) is 30.1 Å². The minimum atomic E-state index is -4.30. The average Bonchev–Trinajstić information content (AvgIpc) is 2.55. The van der Waals surface area contributed by atoms with Gasteiger partial charge in [0.25, 0.3) is 0 Å². The highest BCUT2D eigenvalue weighted by molar-refractivity contribution is 5.46. The zero-order valence-corrected chi connectivity index (χ0v) is 12.7. The lowest BCUT2D eigenvalue weighted by Gasteiger charge is -2.43. The molecule has 3 rings (SSSR count). The minimum Gasteiger partial charge on any atom is -0.371 e. The van der Waals surface area contributed by atoms with E-state index in [-0.39, 0.29) is 25.0 Å². The Hall–Kier alpha value is -1.34. The van der Waals surface area contributed by atoms with Crippen LogP contribution in [0, 0.1) is 5.82 Å². The summed E-state index contributed by atoms with van der Waals surface area (Å²) in [6, 6.07) is 6.49. The largest absolute Gasteiger partial charge is 0.415 e. The number of alkyl halides is 3. The number of ether oxygens (including phenoxy) is 1. The number of piperidine rings is 1. The molecule has 0 N–H and O–H groups in total. The van der Waals surface area contributed by atoms with Gasteiger partial charge in [-0.15, -0.1) is 0 Å². The summed E-state index contributed by atoms with van der Waals surface area (Å²) in [4.78, 5) is 4.06.